The van der Waals surface area contributed by atoms with Crippen LogP contribution in [0.2, 0.25) is 0 Å². The lowest BCUT2D eigenvalue weighted by Gasteiger charge is -2.19. The smallest absolute Gasteiger partial charge is 0.185 e. The summed E-state index contributed by atoms with van der Waals surface area (Å²) in [4.78, 5) is 9.48. The van der Waals surface area contributed by atoms with Gasteiger partial charge in [-0.25, -0.2) is 4.98 Å². The molecule has 19 heavy (non-hydrogen) atoms. The number of aromatic nitrogens is 1. The van der Waals surface area contributed by atoms with Crippen LogP contribution in [0.1, 0.15) is 26.0 Å². The molecule has 5 heteroatoms. The molecular weight excluding hydrogens is 256 g/mol. The molecule has 0 aromatic carbocycles. The first-order valence-corrected chi connectivity index (χ1v) is 8.00. The topological polar surface area (TPSA) is 31.4 Å². The van der Waals surface area contributed by atoms with Gasteiger partial charge in [0.05, 0.1) is 5.69 Å². The molecule has 0 radical (unpaired) electrons. The Kier molecular flexibility index (Phi) is 5.19. The Labute approximate surface area is 120 Å². The van der Waals surface area contributed by atoms with Gasteiger partial charge in [0.15, 0.2) is 5.13 Å². The van der Waals surface area contributed by atoms with Crippen molar-refractivity contribution in [2.45, 2.75) is 32.9 Å². The molecule has 1 aromatic rings. The van der Waals surface area contributed by atoms with Gasteiger partial charge in [-0.15, -0.1) is 11.3 Å². The Balaban J connectivity index is 1.84. The second-order valence-corrected chi connectivity index (χ2v) is 6.83. The number of thiazole rings is 1. The van der Waals surface area contributed by atoms with Gasteiger partial charge in [-0.3, -0.25) is 0 Å². The van der Waals surface area contributed by atoms with E-state index in [1.165, 1.54) is 17.2 Å². The maximum absolute atomic E-state index is 4.75. The van der Waals surface area contributed by atoms with Crippen molar-refractivity contribution in [3.63, 3.8) is 0 Å². The normalized spacial score (nSPS) is 19.9. The Hall–Kier alpha value is -0.650. The summed E-state index contributed by atoms with van der Waals surface area (Å²) < 4.78 is 0. The first-order chi connectivity index (χ1) is 9.06. The number of rotatable bonds is 6. The Morgan fingerprint density at radius 2 is 2.32 bits per heavy atom. The molecule has 108 valence electrons. The Bertz CT molecular complexity index is 389. The fourth-order valence-electron chi connectivity index (χ4n) is 2.35. The lowest BCUT2D eigenvalue weighted by molar-refractivity contribution is 0.315. The molecule has 0 saturated carbocycles. The van der Waals surface area contributed by atoms with Crippen LogP contribution in [0.15, 0.2) is 5.38 Å². The Morgan fingerprint density at radius 1 is 1.53 bits per heavy atom. The van der Waals surface area contributed by atoms with Crippen LogP contribution < -0.4 is 10.2 Å². The van der Waals surface area contributed by atoms with E-state index < -0.39 is 0 Å². The van der Waals surface area contributed by atoms with E-state index in [9.17, 15) is 0 Å². The minimum Gasteiger partial charge on any atom is -0.346 e. The minimum atomic E-state index is 0.673. The molecule has 1 aromatic heterocycles. The number of hydrogen-bond acceptors (Lipinski definition) is 5. The van der Waals surface area contributed by atoms with E-state index in [1.807, 2.05) is 0 Å². The lowest BCUT2D eigenvalue weighted by atomic mass is 10.2. The van der Waals surface area contributed by atoms with Crippen molar-refractivity contribution in [2.75, 3.05) is 38.6 Å². The minimum absolute atomic E-state index is 0.673. The molecule has 2 rings (SSSR count). The first-order valence-electron chi connectivity index (χ1n) is 7.12. The number of nitrogens with one attached hydrogen (secondary N) is 1. The summed E-state index contributed by atoms with van der Waals surface area (Å²) >= 11 is 1.78. The molecule has 0 aliphatic carbocycles. The number of nitrogens with zero attached hydrogens (tertiary/aromatic N) is 3. The molecule has 0 amide bonds. The summed E-state index contributed by atoms with van der Waals surface area (Å²) in [5.41, 5.74) is 1.17. The third-order valence-electron chi connectivity index (χ3n) is 3.56. The van der Waals surface area contributed by atoms with Crippen molar-refractivity contribution in [2.24, 2.45) is 5.92 Å². The van der Waals surface area contributed by atoms with Gasteiger partial charge in [0, 0.05) is 31.1 Å². The van der Waals surface area contributed by atoms with Crippen molar-refractivity contribution < 1.29 is 0 Å². The monoisotopic (exact) mass is 282 g/mol. The molecule has 1 atom stereocenters. The SMILES string of the molecule is CC(C)CNCc1csc(N2CCC(N(C)C)C2)n1. The zero-order chi connectivity index (χ0) is 13.8. The van der Waals surface area contributed by atoms with Crippen LogP contribution in [0, 0.1) is 5.92 Å². The molecule has 1 aliphatic rings. The predicted molar refractivity (Wildman–Crippen MR) is 83.0 cm³/mol. The van der Waals surface area contributed by atoms with Crippen LogP contribution in [0.25, 0.3) is 0 Å². The van der Waals surface area contributed by atoms with E-state index in [0.29, 0.717) is 12.0 Å². The molecule has 1 saturated heterocycles. The van der Waals surface area contributed by atoms with E-state index in [2.05, 4.69) is 48.4 Å². The van der Waals surface area contributed by atoms with Crippen LogP contribution in [0.5, 0.6) is 0 Å². The first kappa shape index (κ1) is 14.8. The van der Waals surface area contributed by atoms with Gasteiger partial charge >= 0.3 is 0 Å². The largest absolute Gasteiger partial charge is 0.346 e. The average Bonchev–Trinajstić information content (AvgIpc) is 2.95. The molecule has 0 bridgehead atoms. The molecular formula is C14H26N4S. The quantitative estimate of drug-likeness (QED) is 0.865. The second-order valence-electron chi connectivity index (χ2n) is 6.00. The fourth-order valence-corrected chi connectivity index (χ4v) is 3.21. The fraction of sp³-hybridized carbons (Fsp3) is 0.786. The van der Waals surface area contributed by atoms with E-state index in [1.54, 1.807) is 11.3 Å². The van der Waals surface area contributed by atoms with Gasteiger partial charge in [-0.2, -0.15) is 0 Å². The molecule has 1 N–H and O–H groups in total. The van der Waals surface area contributed by atoms with E-state index in [-0.39, 0.29) is 0 Å². The third-order valence-corrected chi connectivity index (χ3v) is 4.51. The van der Waals surface area contributed by atoms with E-state index in [4.69, 9.17) is 4.98 Å². The highest BCUT2D eigenvalue weighted by Crippen LogP contribution is 2.25. The van der Waals surface area contributed by atoms with E-state index >= 15 is 0 Å². The summed E-state index contributed by atoms with van der Waals surface area (Å²) in [5, 5.41) is 6.82. The third kappa shape index (κ3) is 4.16. The second kappa shape index (κ2) is 6.68. The van der Waals surface area contributed by atoms with Crippen molar-refractivity contribution in [1.29, 1.82) is 0 Å². The molecule has 1 fully saturated rings. The molecule has 1 aliphatic heterocycles. The maximum atomic E-state index is 4.75. The molecule has 0 spiro atoms. The van der Waals surface area contributed by atoms with Crippen LogP contribution >= 0.6 is 11.3 Å². The molecule has 2 heterocycles. The summed E-state index contributed by atoms with van der Waals surface area (Å²) in [7, 11) is 4.33. The van der Waals surface area contributed by atoms with Crippen LogP contribution in [0.4, 0.5) is 5.13 Å². The summed E-state index contributed by atoms with van der Waals surface area (Å²) in [6, 6.07) is 0.673. The zero-order valence-electron chi connectivity index (χ0n) is 12.5. The van der Waals surface area contributed by atoms with E-state index in [0.717, 1.165) is 26.2 Å². The zero-order valence-corrected chi connectivity index (χ0v) is 13.3. The van der Waals surface area contributed by atoms with Gasteiger partial charge in [0.2, 0.25) is 0 Å². The summed E-state index contributed by atoms with van der Waals surface area (Å²) in [6.07, 6.45) is 1.24. The van der Waals surface area contributed by atoms with Crippen LogP contribution in [-0.2, 0) is 6.54 Å². The van der Waals surface area contributed by atoms with Gasteiger partial charge in [-0.05, 0) is 33.0 Å². The Morgan fingerprint density at radius 3 is 2.95 bits per heavy atom. The van der Waals surface area contributed by atoms with Gasteiger partial charge in [-0.1, -0.05) is 13.8 Å². The van der Waals surface area contributed by atoms with Crippen molar-refractivity contribution in [3.8, 4) is 0 Å². The van der Waals surface area contributed by atoms with Gasteiger partial charge in [0.1, 0.15) is 0 Å². The van der Waals surface area contributed by atoms with Crippen molar-refractivity contribution in [1.82, 2.24) is 15.2 Å². The number of anilines is 1. The van der Waals surface area contributed by atoms with Crippen molar-refractivity contribution in [3.05, 3.63) is 11.1 Å². The highest BCUT2D eigenvalue weighted by molar-refractivity contribution is 7.13. The highest BCUT2D eigenvalue weighted by Gasteiger charge is 2.25. The predicted octanol–water partition coefficient (Wildman–Crippen LogP) is 2.03. The van der Waals surface area contributed by atoms with Gasteiger partial charge < -0.3 is 15.1 Å². The van der Waals surface area contributed by atoms with Crippen LogP contribution in [-0.4, -0.2) is 49.7 Å². The summed E-state index contributed by atoms with van der Waals surface area (Å²) in [5.74, 6) is 0.692. The summed E-state index contributed by atoms with van der Waals surface area (Å²) in [6.45, 7) is 8.64. The lowest BCUT2D eigenvalue weighted by Crippen LogP contribution is -2.31. The number of likely N-dealkylation sites (N-methyl/N-ethyl adjacent to an activating group) is 1. The molecule has 4 nitrogen and oxygen atoms in total. The van der Waals surface area contributed by atoms with Gasteiger partial charge in [0.25, 0.3) is 0 Å². The average molecular weight is 282 g/mol. The number of hydrogen-bond donors (Lipinski definition) is 1. The molecule has 1 unspecified atom stereocenters. The standard InChI is InChI=1S/C14H26N4S/c1-11(2)7-15-8-12-10-19-14(16-12)18-6-5-13(9-18)17(3)4/h10-11,13,15H,5-9H2,1-4H3. The highest BCUT2D eigenvalue weighted by atomic mass is 32.1. The van der Waals surface area contributed by atoms with Crippen molar-refractivity contribution >= 4 is 16.5 Å². The van der Waals surface area contributed by atoms with Crippen LogP contribution in [0.3, 0.4) is 0 Å². The maximum Gasteiger partial charge on any atom is 0.185 e.